The topological polar surface area (TPSA) is 52.6 Å². The second-order valence-corrected chi connectivity index (χ2v) is 7.98. The van der Waals surface area contributed by atoms with Crippen molar-refractivity contribution in [3.05, 3.63) is 23.3 Å². The van der Waals surface area contributed by atoms with E-state index in [0.29, 0.717) is 12.8 Å². The van der Waals surface area contributed by atoms with Crippen molar-refractivity contribution >= 4 is 11.9 Å². The molecule has 0 N–H and O–H groups in total. The first kappa shape index (κ1) is 19.7. The molecule has 0 radical (unpaired) electrons. The summed E-state index contributed by atoms with van der Waals surface area (Å²) in [7, 11) is 1.41. The highest BCUT2D eigenvalue weighted by atomic mass is 16.6. The molecule has 2 bridgehead atoms. The molecule has 0 spiro atoms. The average Bonchev–Trinajstić information content (AvgIpc) is 2.93. The van der Waals surface area contributed by atoms with E-state index < -0.39 is 0 Å². The predicted octanol–water partition coefficient (Wildman–Crippen LogP) is 4.73. The third-order valence-electron chi connectivity index (χ3n) is 5.77. The lowest BCUT2D eigenvalue weighted by molar-refractivity contribution is -0.154. The number of carbonyl (C=O) groups excluding carboxylic acids is 2. The third-order valence-corrected chi connectivity index (χ3v) is 5.77. The van der Waals surface area contributed by atoms with E-state index in [9.17, 15) is 9.59 Å². The summed E-state index contributed by atoms with van der Waals surface area (Å²) in [6.07, 6.45) is 10.9. The molecule has 0 unspecified atom stereocenters. The van der Waals surface area contributed by atoms with Gasteiger partial charge in [0.05, 0.1) is 19.4 Å². The van der Waals surface area contributed by atoms with Gasteiger partial charge >= 0.3 is 11.9 Å². The molecule has 1 heterocycles. The highest BCUT2D eigenvalue weighted by Gasteiger charge is 2.45. The average molecular weight is 348 g/mol. The molecule has 0 saturated carbocycles. The van der Waals surface area contributed by atoms with Gasteiger partial charge in [-0.2, -0.15) is 0 Å². The molecule has 2 aliphatic rings. The fraction of sp³-hybridized carbons (Fsp3) is 0.714. The fourth-order valence-corrected chi connectivity index (χ4v) is 3.87. The highest BCUT2D eigenvalue weighted by Crippen LogP contribution is 2.42. The van der Waals surface area contributed by atoms with Gasteiger partial charge in [-0.3, -0.25) is 9.59 Å². The van der Waals surface area contributed by atoms with E-state index in [0.717, 1.165) is 38.5 Å². The molecule has 1 aliphatic heterocycles. The Hall–Kier alpha value is -1.58. The van der Waals surface area contributed by atoms with Crippen LogP contribution in [0.1, 0.15) is 72.1 Å². The van der Waals surface area contributed by atoms with Gasteiger partial charge in [0.1, 0.15) is 6.10 Å². The van der Waals surface area contributed by atoms with Crippen LogP contribution in [0.3, 0.4) is 0 Å². The second-order valence-electron chi connectivity index (χ2n) is 7.98. The monoisotopic (exact) mass is 348 g/mol. The summed E-state index contributed by atoms with van der Waals surface area (Å²) in [5.41, 5.74) is 2.35. The van der Waals surface area contributed by atoms with Crippen molar-refractivity contribution in [3.8, 4) is 0 Å². The Morgan fingerprint density at radius 3 is 2.64 bits per heavy atom. The predicted molar refractivity (Wildman–Crippen MR) is 97.9 cm³/mol. The number of rotatable bonds is 2. The Balaban J connectivity index is 2.22. The molecular weight excluding hydrogens is 316 g/mol. The lowest BCUT2D eigenvalue weighted by Crippen LogP contribution is -2.35. The van der Waals surface area contributed by atoms with Gasteiger partial charge in [-0.25, -0.2) is 0 Å². The van der Waals surface area contributed by atoms with Crippen LogP contribution in [0.25, 0.3) is 0 Å². The molecule has 140 valence electrons. The molecule has 3 atom stereocenters. The standard InChI is InChI=1S/C21H32O4/c1-15-7-5-8-16(2)10-11-17-13-18(25-20(17)23)21(3,12-6-9-15)14-19(22)24-4/h8-9,17-18H,5-7,10-14H2,1-4H3/b15-9+,16-8+/t17-,18-,21-/m0/s1. The molecule has 2 rings (SSSR count). The Labute approximate surface area is 151 Å². The Morgan fingerprint density at radius 1 is 1.24 bits per heavy atom. The number of esters is 2. The first-order valence-electron chi connectivity index (χ1n) is 9.42. The van der Waals surface area contributed by atoms with Crippen LogP contribution in [0.4, 0.5) is 0 Å². The molecule has 0 aromatic carbocycles. The van der Waals surface area contributed by atoms with Crippen LogP contribution in [0.15, 0.2) is 23.3 Å². The maximum atomic E-state index is 12.3. The van der Waals surface area contributed by atoms with Crippen LogP contribution in [-0.4, -0.2) is 25.2 Å². The highest BCUT2D eigenvalue weighted by molar-refractivity contribution is 5.75. The zero-order chi connectivity index (χ0) is 18.4. The molecule has 1 aliphatic carbocycles. The van der Waals surface area contributed by atoms with Crippen LogP contribution in [0, 0.1) is 11.3 Å². The van der Waals surface area contributed by atoms with E-state index in [1.165, 1.54) is 18.3 Å². The van der Waals surface area contributed by atoms with Gasteiger partial charge in [0.15, 0.2) is 0 Å². The second kappa shape index (κ2) is 8.68. The zero-order valence-corrected chi connectivity index (χ0v) is 16.1. The van der Waals surface area contributed by atoms with Crippen molar-refractivity contribution in [3.63, 3.8) is 0 Å². The summed E-state index contributed by atoms with van der Waals surface area (Å²) in [5.74, 6) is -0.386. The van der Waals surface area contributed by atoms with Crippen molar-refractivity contribution in [1.29, 1.82) is 0 Å². The number of carbonyl (C=O) groups is 2. The van der Waals surface area contributed by atoms with Gasteiger partial charge in [0.25, 0.3) is 0 Å². The minimum Gasteiger partial charge on any atom is -0.469 e. The summed E-state index contributed by atoms with van der Waals surface area (Å²) in [6.45, 7) is 6.37. The molecule has 4 heteroatoms. The van der Waals surface area contributed by atoms with Gasteiger partial charge in [-0.05, 0) is 58.8 Å². The maximum absolute atomic E-state index is 12.3. The number of allylic oxidation sites excluding steroid dienone is 4. The molecule has 0 aromatic rings. The largest absolute Gasteiger partial charge is 0.469 e. The van der Waals surface area contributed by atoms with Crippen LogP contribution >= 0.6 is 0 Å². The first-order chi connectivity index (χ1) is 11.8. The van der Waals surface area contributed by atoms with Gasteiger partial charge < -0.3 is 9.47 Å². The molecule has 0 aromatic heterocycles. The van der Waals surface area contributed by atoms with Crippen LogP contribution in [0.5, 0.6) is 0 Å². The van der Waals surface area contributed by atoms with E-state index in [4.69, 9.17) is 9.47 Å². The summed E-state index contributed by atoms with van der Waals surface area (Å²) in [4.78, 5) is 24.3. The summed E-state index contributed by atoms with van der Waals surface area (Å²) in [5, 5.41) is 0. The zero-order valence-electron chi connectivity index (χ0n) is 16.1. The molecular formula is C21H32O4. The van der Waals surface area contributed by atoms with E-state index in [1.807, 2.05) is 0 Å². The lowest BCUT2D eigenvalue weighted by atomic mass is 9.74. The van der Waals surface area contributed by atoms with Crippen molar-refractivity contribution in [2.45, 2.75) is 78.2 Å². The van der Waals surface area contributed by atoms with E-state index >= 15 is 0 Å². The van der Waals surface area contributed by atoms with Gasteiger partial charge in [-0.15, -0.1) is 0 Å². The van der Waals surface area contributed by atoms with E-state index in [1.54, 1.807) is 0 Å². The molecule has 4 nitrogen and oxygen atoms in total. The molecule has 1 saturated heterocycles. The van der Waals surface area contributed by atoms with Crippen LogP contribution in [-0.2, 0) is 19.1 Å². The molecule has 0 amide bonds. The van der Waals surface area contributed by atoms with Crippen LogP contribution < -0.4 is 0 Å². The lowest BCUT2D eigenvalue weighted by Gasteiger charge is -2.33. The van der Waals surface area contributed by atoms with Gasteiger partial charge in [-0.1, -0.05) is 30.2 Å². The molecule has 1 fully saturated rings. The van der Waals surface area contributed by atoms with Gasteiger partial charge in [0.2, 0.25) is 0 Å². The van der Waals surface area contributed by atoms with E-state index in [2.05, 4.69) is 32.9 Å². The minimum atomic E-state index is -0.372. The fourth-order valence-electron chi connectivity index (χ4n) is 3.87. The minimum absolute atomic E-state index is 0.0504. The normalized spacial score (nSPS) is 35.6. The summed E-state index contributed by atoms with van der Waals surface area (Å²) >= 11 is 0. The smallest absolute Gasteiger partial charge is 0.309 e. The van der Waals surface area contributed by atoms with Crippen molar-refractivity contribution in [1.82, 2.24) is 0 Å². The number of hydrogen-bond donors (Lipinski definition) is 0. The van der Waals surface area contributed by atoms with Crippen molar-refractivity contribution in [2.24, 2.45) is 11.3 Å². The number of hydrogen-bond acceptors (Lipinski definition) is 4. The van der Waals surface area contributed by atoms with Crippen LogP contribution in [0.2, 0.25) is 0 Å². The first-order valence-corrected chi connectivity index (χ1v) is 9.42. The molecule has 25 heavy (non-hydrogen) atoms. The van der Waals surface area contributed by atoms with Crippen molar-refractivity contribution < 1.29 is 19.1 Å². The Morgan fingerprint density at radius 2 is 1.92 bits per heavy atom. The number of fused-ring (bicyclic) bond motifs is 2. The summed E-state index contributed by atoms with van der Waals surface area (Å²) < 4.78 is 10.6. The van der Waals surface area contributed by atoms with E-state index in [-0.39, 0.29) is 29.4 Å². The Bertz CT molecular complexity index is 560. The van der Waals surface area contributed by atoms with Crippen molar-refractivity contribution in [2.75, 3.05) is 7.11 Å². The third kappa shape index (κ3) is 5.45. The van der Waals surface area contributed by atoms with Gasteiger partial charge in [0, 0.05) is 5.41 Å². The number of ether oxygens (including phenoxy) is 2. The summed E-state index contributed by atoms with van der Waals surface area (Å²) in [6, 6.07) is 0. The Kier molecular flexibility index (Phi) is 6.86. The quantitative estimate of drug-likeness (QED) is 0.534. The number of methoxy groups -OCH3 is 1. The maximum Gasteiger partial charge on any atom is 0.309 e. The SMILES string of the molecule is COC(=O)C[C@]1(C)CC/C=C(\C)CC/C=C(\C)CC[C@H]2C[C@@H]1OC2=O.